The second kappa shape index (κ2) is 7.20. The molecular formula is C16H22BrClN2O2. The van der Waals surface area contributed by atoms with Crippen LogP contribution in [0.15, 0.2) is 22.7 Å². The van der Waals surface area contributed by atoms with Crippen molar-refractivity contribution in [1.29, 1.82) is 0 Å². The maximum Gasteiger partial charge on any atom is 0.410 e. The second-order valence-corrected chi connectivity index (χ2v) is 7.82. The Morgan fingerprint density at radius 2 is 2.23 bits per heavy atom. The van der Waals surface area contributed by atoms with Crippen LogP contribution in [0.3, 0.4) is 0 Å². The zero-order valence-electron chi connectivity index (χ0n) is 13.2. The molecular weight excluding hydrogens is 368 g/mol. The van der Waals surface area contributed by atoms with E-state index in [0.29, 0.717) is 13.1 Å². The minimum atomic E-state index is -0.450. The van der Waals surface area contributed by atoms with E-state index in [2.05, 4.69) is 21.2 Å². The zero-order valence-corrected chi connectivity index (χ0v) is 15.5. The Hall–Kier alpha value is -0.780. The number of benzene rings is 1. The highest BCUT2D eigenvalue weighted by molar-refractivity contribution is 9.10. The molecule has 1 aliphatic rings. The highest BCUT2D eigenvalue weighted by atomic mass is 79.9. The fourth-order valence-electron chi connectivity index (χ4n) is 2.35. The van der Waals surface area contributed by atoms with Crippen LogP contribution in [-0.4, -0.2) is 35.7 Å². The minimum absolute atomic E-state index is 0.235. The molecule has 4 nitrogen and oxygen atoms in total. The van der Waals surface area contributed by atoms with E-state index in [4.69, 9.17) is 16.3 Å². The van der Waals surface area contributed by atoms with Crippen molar-refractivity contribution in [2.24, 2.45) is 0 Å². The average Bonchev–Trinajstić information content (AvgIpc) is 2.87. The second-order valence-electron chi connectivity index (χ2n) is 6.53. The van der Waals surface area contributed by atoms with Crippen LogP contribution in [0.1, 0.15) is 32.8 Å². The van der Waals surface area contributed by atoms with Crippen molar-refractivity contribution in [2.45, 2.75) is 45.4 Å². The van der Waals surface area contributed by atoms with Crippen molar-refractivity contribution in [3.05, 3.63) is 33.3 Å². The van der Waals surface area contributed by atoms with E-state index in [9.17, 15) is 4.79 Å². The lowest BCUT2D eigenvalue weighted by atomic mass is 10.2. The Morgan fingerprint density at radius 3 is 2.91 bits per heavy atom. The number of ether oxygens (including phenoxy) is 1. The molecule has 2 rings (SSSR count). The van der Waals surface area contributed by atoms with Gasteiger partial charge in [0.15, 0.2) is 0 Å². The van der Waals surface area contributed by atoms with Crippen molar-refractivity contribution in [1.82, 2.24) is 10.2 Å². The Bertz CT molecular complexity index is 545. The van der Waals surface area contributed by atoms with E-state index >= 15 is 0 Å². The van der Waals surface area contributed by atoms with Gasteiger partial charge in [-0.3, -0.25) is 0 Å². The first kappa shape index (κ1) is 17.6. The summed E-state index contributed by atoms with van der Waals surface area (Å²) in [4.78, 5) is 13.8. The van der Waals surface area contributed by atoms with Gasteiger partial charge in [0.2, 0.25) is 0 Å². The molecule has 1 atom stereocenters. The first-order valence-corrected chi connectivity index (χ1v) is 8.57. The molecule has 1 fully saturated rings. The van der Waals surface area contributed by atoms with Crippen LogP contribution in [-0.2, 0) is 11.3 Å². The van der Waals surface area contributed by atoms with Gasteiger partial charge in [-0.25, -0.2) is 4.79 Å². The van der Waals surface area contributed by atoms with E-state index in [1.165, 1.54) is 0 Å². The third-order valence-electron chi connectivity index (χ3n) is 3.43. The molecule has 0 radical (unpaired) electrons. The molecule has 0 saturated carbocycles. The monoisotopic (exact) mass is 388 g/mol. The predicted octanol–water partition coefficient (Wildman–Crippen LogP) is 4.20. The van der Waals surface area contributed by atoms with Crippen LogP contribution in [0.5, 0.6) is 0 Å². The predicted molar refractivity (Wildman–Crippen MR) is 92.2 cm³/mol. The normalized spacial score (nSPS) is 18.6. The number of nitrogens with one attached hydrogen (secondary N) is 1. The zero-order chi connectivity index (χ0) is 16.3. The van der Waals surface area contributed by atoms with Gasteiger partial charge < -0.3 is 15.0 Å². The third kappa shape index (κ3) is 5.14. The number of nitrogens with zero attached hydrogens (tertiary/aromatic N) is 1. The molecule has 1 aromatic rings. The number of amides is 1. The number of carbonyl (C=O) groups is 1. The van der Waals surface area contributed by atoms with Crippen LogP contribution in [0.2, 0.25) is 5.02 Å². The molecule has 1 N–H and O–H groups in total. The van der Waals surface area contributed by atoms with Gasteiger partial charge in [0.1, 0.15) is 5.60 Å². The summed E-state index contributed by atoms with van der Waals surface area (Å²) in [5.74, 6) is 0. The lowest BCUT2D eigenvalue weighted by molar-refractivity contribution is 0.0291. The number of halogens is 2. The quantitative estimate of drug-likeness (QED) is 0.842. The van der Waals surface area contributed by atoms with E-state index in [1.807, 2.05) is 39.0 Å². The maximum absolute atomic E-state index is 12.0. The van der Waals surface area contributed by atoms with Gasteiger partial charge >= 0.3 is 6.09 Å². The molecule has 1 amide bonds. The summed E-state index contributed by atoms with van der Waals surface area (Å²) in [5, 5.41) is 4.20. The number of rotatable bonds is 3. The van der Waals surface area contributed by atoms with Crippen molar-refractivity contribution in [2.75, 3.05) is 13.1 Å². The first-order valence-electron chi connectivity index (χ1n) is 7.40. The third-order valence-corrected chi connectivity index (χ3v) is 4.44. The lowest BCUT2D eigenvalue weighted by Gasteiger charge is -2.24. The van der Waals surface area contributed by atoms with Crippen molar-refractivity contribution in [3.63, 3.8) is 0 Å². The van der Waals surface area contributed by atoms with Crippen LogP contribution in [0, 0.1) is 0 Å². The molecule has 0 spiro atoms. The van der Waals surface area contributed by atoms with E-state index in [1.54, 1.807) is 4.90 Å². The summed E-state index contributed by atoms with van der Waals surface area (Å²) in [5.41, 5.74) is 0.664. The Labute approximate surface area is 145 Å². The molecule has 22 heavy (non-hydrogen) atoms. The fraction of sp³-hybridized carbons (Fsp3) is 0.562. The number of carbonyl (C=O) groups excluding carboxylic acids is 1. The van der Waals surface area contributed by atoms with Crippen LogP contribution < -0.4 is 5.32 Å². The van der Waals surface area contributed by atoms with Crippen molar-refractivity contribution < 1.29 is 9.53 Å². The van der Waals surface area contributed by atoms with Crippen molar-refractivity contribution >= 4 is 33.6 Å². The molecule has 1 saturated heterocycles. The summed E-state index contributed by atoms with van der Waals surface area (Å²) < 4.78 is 6.44. The highest BCUT2D eigenvalue weighted by Gasteiger charge is 2.29. The average molecular weight is 390 g/mol. The van der Waals surface area contributed by atoms with Gasteiger partial charge in [0.25, 0.3) is 0 Å². The van der Waals surface area contributed by atoms with Crippen LogP contribution in [0.4, 0.5) is 4.79 Å². The smallest absolute Gasteiger partial charge is 0.410 e. The largest absolute Gasteiger partial charge is 0.444 e. The van der Waals surface area contributed by atoms with Gasteiger partial charge in [-0.05, 0) is 51.0 Å². The molecule has 0 bridgehead atoms. The van der Waals surface area contributed by atoms with E-state index in [-0.39, 0.29) is 12.1 Å². The number of likely N-dealkylation sites (tertiary alicyclic amines) is 1. The first-order chi connectivity index (χ1) is 10.2. The van der Waals surface area contributed by atoms with Gasteiger partial charge in [0.05, 0.1) is 0 Å². The maximum atomic E-state index is 12.0. The number of hydrogen-bond donors (Lipinski definition) is 1. The topological polar surface area (TPSA) is 41.6 Å². The summed E-state index contributed by atoms with van der Waals surface area (Å²) in [7, 11) is 0. The summed E-state index contributed by atoms with van der Waals surface area (Å²) in [6.45, 7) is 7.76. The summed E-state index contributed by atoms with van der Waals surface area (Å²) in [6.07, 6.45) is 0.693. The molecule has 1 unspecified atom stereocenters. The summed E-state index contributed by atoms with van der Waals surface area (Å²) >= 11 is 9.55. The molecule has 1 aliphatic heterocycles. The van der Waals surface area contributed by atoms with Gasteiger partial charge in [-0.15, -0.1) is 0 Å². The number of hydrogen-bond acceptors (Lipinski definition) is 3. The van der Waals surface area contributed by atoms with E-state index < -0.39 is 5.60 Å². The Balaban J connectivity index is 1.84. The highest BCUT2D eigenvalue weighted by Crippen LogP contribution is 2.22. The molecule has 0 aliphatic carbocycles. The van der Waals surface area contributed by atoms with Crippen LogP contribution in [0.25, 0.3) is 0 Å². The Kier molecular flexibility index (Phi) is 5.75. The molecule has 1 heterocycles. The van der Waals surface area contributed by atoms with E-state index in [0.717, 1.165) is 28.0 Å². The van der Waals surface area contributed by atoms with Crippen LogP contribution >= 0.6 is 27.5 Å². The lowest BCUT2D eigenvalue weighted by Crippen LogP contribution is -2.38. The van der Waals surface area contributed by atoms with Gasteiger partial charge in [-0.2, -0.15) is 0 Å². The molecule has 6 heteroatoms. The fourth-order valence-corrected chi connectivity index (χ4v) is 2.93. The van der Waals surface area contributed by atoms with Gasteiger partial charge in [-0.1, -0.05) is 27.5 Å². The Morgan fingerprint density at radius 1 is 1.50 bits per heavy atom. The molecule has 122 valence electrons. The molecule has 1 aromatic carbocycles. The standard InChI is InChI=1S/C16H22BrClN2O2/c1-16(2,3)22-15(21)20-7-6-13(10-20)19-9-11-8-12(18)4-5-14(11)17/h4-5,8,13,19H,6-7,9-10H2,1-3H3. The SMILES string of the molecule is CC(C)(C)OC(=O)N1CCC(NCc2cc(Cl)ccc2Br)C1. The van der Waals surface area contributed by atoms with Crippen molar-refractivity contribution in [3.8, 4) is 0 Å². The molecule has 0 aromatic heterocycles. The summed E-state index contributed by atoms with van der Waals surface area (Å²) in [6, 6.07) is 6.02. The van der Waals surface area contributed by atoms with Gasteiger partial charge in [0, 0.05) is 35.2 Å². The minimum Gasteiger partial charge on any atom is -0.444 e.